The fraction of sp³-hybridized carbons (Fsp3) is 0.435. The molecule has 158 valence electrons. The normalized spacial score (nSPS) is 22.1. The Morgan fingerprint density at radius 3 is 2.63 bits per heavy atom. The Morgan fingerprint density at radius 2 is 1.83 bits per heavy atom. The highest BCUT2D eigenvalue weighted by molar-refractivity contribution is 6.33. The van der Waals surface area contributed by atoms with Crippen molar-refractivity contribution in [3.8, 4) is 0 Å². The van der Waals surface area contributed by atoms with Crippen LogP contribution in [0.1, 0.15) is 18.4 Å². The number of para-hydroxylation sites is 2. The lowest BCUT2D eigenvalue weighted by Crippen LogP contribution is -2.57. The first-order valence-electron chi connectivity index (χ1n) is 10.5. The van der Waals surface area contributed by atoms with E-state index in [9.17, 15) is 4.79 Å². The number of halogens is 2. The number of rotatable bonds is 4. The molecule has 0 bridgehead atoms. The minimum atomic E-state index is -0.339. The molecule has 30 heavy (non-hydrogen) atoms. The molecule has 0 aromatic heterocycles. The van der Waals surface area contributed by atoms with E-state index in [1.165, 1.54) is 18.5 Å². The molecule has 1 amide bonds. The zero-order valence-corrected chi connectivity index (χ0v) is 18.3. The van der Waals surface area contributed by atoms with Crippen LogP contribution < -0.4 is 9.80 Å². The van der Waals surface area contributed by atoms with Gasteiger partial charge in [0.2, 0.25) is 5.91 Å². The second-order valence-corrected chi connectivity index (χ2v) is 9.04. The van der Waals surface area contributed by atoms with Crippen LogP contribution in [-0.2, 0) is 16.1 Å². The summed E-state index contributed by atoms with van der Waals surface area (Å²) in [7, 11) is 0. The standard InChI is InChI=1S/C23H25Cl2N3O2/c24-17-5-8-19(25)16(13-17)14-26-11-12-30-15-22(26)23(29)28-10-9-27(18-6-7-18)20-3-1-2-4-21(20)28/h1-5,8,13,18,22H,6-7,9-12,14-15H2. The molecule has 0 spiro atoms. The van der Waals surface area contributed by atoms with Gasteiger partial charge in [-0.05, 0) is 48.7 Å². The first kappa shape index (κ1) is 20.1. The van der Waals surface area contributed by atoms with Crippen LogP contribution >= 0.6 is 23.2 Å². The second-order valence-electron chi connectivity index (χ2n) is 8.20. The van der Waals surface area contributed by atoms with Gasteiger partial charge in [-0.1, -0.05) is 35.3 Å². The number of morpholine rings is 1. The molecule has 0 radical (unpaired) electrons. The summed E-state index contributed by atoms with van der Waals surface area (Å²) >= 11 is 12.6. The maximum Gasteiger partial charge on any atom is 0.246 e. The second kappa shape index (κ2) is 8.39. The third kappa shape index (κ3) is 3.92. The molecule has 1 atom stereocenters. The predicted octanol–water partition coefficient (Wildman–Crippen LogP) is 4.21. The maximum absolute atomic E-state index is 13.7. The summed E-state index contributed by atoms with van der Waals surface area (Å²) in [6, 6.07) is 14.0. The molecule has 1 saturated carbocycles. The lowest BCUT2D eigenvalue weighted by atomic mass is 10.1. The lowest BCUT2D eigenvalue weighted by molar-refractivity contribution is -0.130. The van der Waals surface area contributed by atoms with Crippen LogP contribution in [0.25, 0.3) is 0 Å². The molecule has 1 aliphatic carbocycles. The molecule has 2 aromatic rings. The van der Waals surface area contributed by atoms with E-state index >= 15 is 0 Å². The van der Waals surface area contributed by atoms with E-state index in [0.29, 0.717) is 48.9 Å². The number of fused-ring (bicyclic) bond motifs is 1. The van der Waals surface area contributed by atoms with Crippen LogP contribution in [0.5, 0.6) is 0 Å². The first-order valence-corrected chi connectivity index (χ1v) is 11.3. The van der Waals surface area contributed by atoms with Crippen LogP contribution in [0.3, 0.4) is 0 Å². The molecular weight excluding hydrogens is 421 g/mol. The van der Waals surface area contributed by atoms with Crippen molar-refractivity contribution in [2.45, 2.75) is 31.5 Å². The van der Waals surface area contributed by atoms with Crippen molar-refractivity contribution in [2.24, 2.45) is 0 Å². The number of carbonyl (C=O) groups is 1. The van der Waals surface area contributed by atoms with Gasteiger partial charge in [0.15, 0.2) is 0 Å². The number of benzene rings is 2. The van der Waals surface area contributed by atoms with Gasteiger partial charge in [0.25, 0.3) is 0 Å². The van der Waals surface area contributed by atoms with Gasteiger partial charge in [-0.25, -0.2) is 0 Å². The van der Waals surface area contributed by atoms with Crippen LogP contribution in [-0.4, -0.2) is 55.7 Å². The highest BCUT2D eigenvalue weighted by Crippen LogP contribution is 2.40. The third-order valence-corrected chi connectivity index (χ3v) is 6.81. The quantitative estimate of drug-likeness (QED) is 0.705. The van der Waals surface area contributed by atoms with Crippen LogP contribution in [0.4, 0.5) is 11.4 Å². The monoisotopic (exact) mass is 445 g/mol. The molecule has 3 aliphatic rings. The van der Waals surface area contributed by atoms with Crippen molar-refractivity contribution < 1.29 is 9.53 Å². The van der Waals surface area contributed by atoms with Gasteiger partial charge in [0, 0.05) is 42.3 Å². The number of anilines is 2. The summed E-state index contributed by atoms with van der Waals surface area (Å²) < 4.78 is 5.71. The van der Waals surface area contributed by atoms with Crippen LogP contribution in [0, 0.1) is 0 Å². The Kier molecular flexibility index (Phi) is 5.63. The van der Waals surface area contributed by atoms with E-state index in [1.54, 1.807) is 6.07 Å². The van der Waals surface area contributed by atoms with Gasteiger partial charge in [-0.15, -0.1) is 0 Å². The van der Waals surface area contributed by atoms with E-state index in [1.807, 2.05) is 23.1 Å². The minimum Gasteiger partial charge on any atom is -0.378 e. The van der Waals surface area contributed by atoms with E-state index in [0.717, 1.165) is 17.8 Å². The summed E-state index contributed by atoms with van der Waals surface area (Å²) in [5.74, 6) is 0.0933. The Hall–Kier alpha value is -1.79. The van der Waals surface area contributed by atoms with Gasteiger partial charge in [-0.2, -0.15) is 0 Å². The van der Waals surface area contributed by atoms with E-state index in [2.05, 4.69) is 28.0 Å². The zero-order valence-electron chi connectivity index (χ0n) is 16.8. The topological polar surface area (TPSA) is 36.0 Å². The van der Waals surface area contributed by atoms with Gasteiger partial charge in [0.1, 0.15) is 6.04 Å². The maximum atomic E-state index is 13.7. The highest BCUT2D eigenvalue weighted by atomic mass is 35.5. The largest absolute Gasteiger partial charge is 0.378 e. The summed E-state index contributed by atoms with van der Waals surface area (Å²) in [6.45, 7) is 3.83. The van der Waals surface area contributed by atoms with Gasteiger partial charge >= 0.3 is 0 Å². The first-order chi connectivity index (χ1) is 14.6. The summed E-state index contributed by atoms with van der Waals surface area (Å²) in [5, 5.41) is 1.32. The highest BCUT2D eigenvalue weighted by Gasteiger charge is 2.39. The van der Waals surface area contributed by atoms with Gasteiger partial charge in [-0.3, -0.25) is 9.69 Å². The third-order valence-electron chi connectivity index (χ3n) is 6.21. The molecule has 2 aliphatic heterocycles. The average Bonchev–Trinajstić information content (AvgIpc) is 3.61. The van der Waals surface area contributed by atoms with Crippen molar-refractivity contribution >= 4 is 40.5 Å². The number of carbonyl (C=O) groups excluding carboxylic acids is 1. The molecule has 0 N–H and O–H groups in total. The number of hydrogen-bond donors (Lipinski definition) is 0. The van der Waals surface area contributed by atoms with Crippen LogP contribution in [0.15, 0.2) is 42.5 Å². The number of amides is 1. The zero-order chi connectivity index (χ0) is 20.7. The number of nitrogens with zero attached hydrogens (tertiary/aromatic N) is 3. The van der Waals surface area contributed by atoms with Crippen molar-refractivity contribution in [2.75, 3.05) is 42.6 Å². The summed E-state index contributed by atoms with van der Waals surface area (Å²) in [6.07, 6.45) is 2.49. The van der Waals surface area contributed by atoms with E-state index in [4.69, 9.17) is 27.9 Å². The lowest BCUT2D eigenvalue weighted by Gasteiger charge is -2.42. The number of ether oxygens (including phenoxy) is 1. The van der Waals surface area contributed by atoms with Crippen molar-refractivity contribution in [3.63, 3.8) is 0 Å². The van der Waals surface area contributed by atoms with Gasteiger partial charge in [0.05, 0.1) is 24.6 Å². The fourth-order valence-corrected chi connectivity index (χ4v) is 4.87. The average molecular weight is 446 g/mol. The Labute approximate surface area is 187 Å². The number of hydrogen-bond acceptors (Lipinski definition) is 4. The molecular formula is C23H25Cl2N3O2. The predicted molar refractivity (Wildman–Crippen MR) is 121 cm³/mol. The minimum absolute atomic E-state index is 0.0933. The van der Waals surface area contributed by atoms with Gasteiger partial charge < -0.3 is 14.5 Å². The molecule has 7 heteroatoms. The molecule has 2 aromatic carbocycles. The van der Waals surface area contributed by atoms with Crippen molar-refractivity contribution in [1.29, 1.82) is 0 Å². The molecule has 2 heterocycles. The Morgan fingerprint density at radius 1 is 1.03 bits per heavy atom. The molecule has 2 fully saturated rings. The summed E-state index contributed by atoms with van der Waals surface area (Å²) in [5.41, 5.74) is 3.11. The molecule has 1 saturated heterocycles. The molecule has 1 unspecified atom stereocenters. The molecule has 5 nitrogen and oxygen atoms in total. The molecule has 5 rings (SSSR count). The van der Waals surface area contributed by atoms with Crippen LogP contribution in [0.2, 0.25) is 10.0 Å². The van der Waals surface area contributed by atoms with Crippen molar-refractivity contribution in [3.05, 3.63) is 58.1 Å². The Bertz CT molecular complexity index is 950. The Balaban J connectivity index is 1.40. The SMILES string of the molecule is O=C(C1COCCN1Cc1cc(Cl)ccc1Cl)N1CCN(C2CC2)c2ccccc21. The van der Waals surface area contributed by atoms with E-state index < -0.39 is 0 Å². The van der Waals surface area contributed by atoms with Crippen molar-refractivity contribution in [1.82, 2.24) is 4.90 Å². The smallest absolute Gasteiger partial charge is 0.246 e. The fourth-order valence-electron chi connectivity index (χ4n) is 4.50. The van der Waals surface area contributed by atoms with E-state index in [-0.39, 0.29) is 11.9 Å². The summed E-state index contributed by atoms with van der Waals surface area (Å²) in [4.78, 5) is 20.3.